The standard InChI is InChI=1S/C28H28FN3O5/c1-31(28(34)19-7-12-22(35-2)13-8-19)17-27(33)32-24(20-9-14-25(36-3)26(15-20)37-4)16-23(30-32)18-5-10-21(29)11-6-18/h5-15,24H,16-17H2,1-4H3/t24-/m1/s1. The molecule has 0 unspecified atom stereocenters. The van der Waals surface area contributed by atoms with Gasteiger partial charge in [-0.15, -0.1) is 0 Å². The molecule has 0 saturated heterocycles. The largest absolute Gasteiger partial charge is 0.497 e. The summed E-state index contributed by atoms with van der Waals surface area (Å²) in [6.45, 7) is -0.186. The Bertz CT molecular complexity index is 1310. The number of ether oxygens (including phenoxy) is 3. The Hall–Kier alpha value is -4.40. The number of rotatable bonds is 8. The van der Waals surface area contributed by atoms with Gasteiger partial charge in [-0.3, -0.25) is 9.59 Å². The van der Waals surface area contributed by atoms with E-state index in [1.807, 2.05) is 6.07 Å². The van der Waals surface area contributed by atoms with E-state index in [2.05, 4.69) is 5.10 Å². The minimum Gasteiger partial charge on any atom is -0.497 e. The van der Waals surface area contributed by atoms with Crippen LogP contribution in [0.5, 0.6) is 17.2 Å². The van der Waals surface area contributed by atoms with E-state index in [1.165, 1.54) is 22.0 Å². The number of methoxy groups -OCH3 is 3. The molecule has 0 aromatic heterocycles. The third-order valence-corrected chi connectivity index (χ3v) is 6.19. The number of amides is 2. The number of benzene rings is 3. The first-order valence-electron chi connectivity index (χ1n) is 11.6. The number of nitrogens with zero attached hydrogens (tertiary/aromatic N) is 3. The molecular formula is C28H28FN3O5. The van der Waals surface area contributed by atoms with Crippen LogP contribution in [0.3, 0.4) is 0 Å². The van der Waals surface area contributed by atoms with Gasteiger partial charge in [0.25, 0.3) is 11.8 Å². The molecular weight excluding hydrogens is 477 g/mol. The molecule has 4 rings (SSSR count). The summed E-state index contributed by atoms with van der Waals surface area (Å²) in [6, 6.07) is 17.6. The van der Waals surface area contributed by atoms with Crippen molar-refractivity contribution in [3.05, 3.63) is 89.2 Å². The van der Waals surface area contributed by atoms with E-state index in [0.717, 1.165) is 5.56 Å². The van der Waals surface area contributed by atoms with Crippen LogP contribution in [-0.2, 0) is 4.79 Å². The van der Waals surface area contributed by atoms with Crippen LogP contribution in [0.2, 0.25) is 0 Å². The Morgan fingerprint density at radius 3 is 2.24 bits per heavy atom. The average molecular weight is 506 g/mol. The van der Waals surface area contributed by atoms with Crippen molar-refractivity contribution in [2.75, 3.05) is 34.9 Å². The number of carbonyl (C=O) groups excluding carboxylic acids is 2. The zero-order chi connectivity index (χ0) is 26.5. The summed E-state index contributed by atoms with van der Waals surface area (Å²) in [6.07, 6.45) is 0.406. The van der Waals surface area contributed by atoms with Gasteiger partial charge in [-0.05, 0) is 59.7 Å². The van der Waals surface area contributed by atoms with Crippen LogP contribution < -0.4 is 14.2 Å². The van der Waals surface area contributed by atoms with Crippen LogP contribution in [0.25, 0.3) is 0 Å². The van der Waals surface area contributed by atoms with Gasteiger partial charge in [0.2, 0.25) is 0 Å². The SMILES string of the molecule is COc1ccc(C(=O)N(C)CC(=O)N2N=C(c3ccc(F)cc3)C[C@@H]2c2ccc(OC)c(OC)c2)cc1. The van der Waals surface area contributed by atoms with Gasteiger partial charge in [-0.1, -0.05) is 18.2 Å². The van der Waals surface area contributed by atoms with Crippen LogP contribution >= 0.6 is 0 Å². The van der Waals surface area contributed by atoms with E-state index in [-0.39, 0.29) is 24.2 Å². The highest BCUT2D eigenvalue weighted by molar-refractivity contribution is 6.03. The van der Waals surface area contributed by atoms with Crippen LogP contribution in [0, 0.1) is 5.82 Å². The molecule has 2 amide bonds. The molecule has 192 valence electrons. The van der Waals surface area contributed by atoms with Gasteiger partial charge in [-0.2, -0.15) is 5.10 Å². The molecule has 0 radical (unpaired) electrons. The van der Waals surface area contributed by atoms with Crippen LogP contribution in [0.1, 0.15) is 33.9 Å². The Balaban J connectivity index is 1.61. The predicted octanol–water partition coefficient (Wildman–Crippen LogP) is 4.30. The van der Waals surface area contributed by atoms with Crippen molar-refractivity contribution in [3.63, 3.8) is 0 Å². The lowest BCUT2D eigenvalue weighted by atomic mass is 9.98. The molecule has 0 bridgehead atoms. The van der Waals surface area contributed by atoms with E-state index in [4.69, 9.17) is 14.2 Å². The summed E-state index contributed by atoms with van der Waals surface area (Å²) in [5, 5.41) is 5.99. The Kier molecular flexibility index (Phi) is 7.71. The van der Waals surface area contributed by atoms with E-state index in [1.54, 1.807) is 76.9 Å². The van der Waals surface area contributed by atoms with Gasteiger partial charge in [-0.25, -0.2) is 9.40 Å². The number of hydrazone groups is 1. The highest BCUT2D eigenvalue weighted by atomic mass is 19.1. The molecule has 3 aromatic rings. The van der Waals surface area contributed by atoms with Crippen molar-refractivity contribution in [1.82, 2.24) is 9.91 Å². The number of hydrogen-bond acceptors (Lipinski definition) is 6. The van der Waals surface area contributed by atoms with Crippen molar-refractivity contribution in [3.8, 4) is 17.2 Å². The zero-order valence-corrected chi connectivity index (χ0v) is 21.1. The molecule has 1 heterocycles. The predicted molar refractivity (Wildman–Crippen MR) is 137 cm³/mol. The number of hydrogen-bond donors (Lipinski definition) is 0. The monoisotopic (exact) mass is 505 g/mol. The normalized spacial score (nSPS) is 14.7. The van der Waals surface area contributed by atoms with E-state index >= 15 is 0 Å². The smallest absolute Gasteiger partial charge is 0.262 e. The highest BCUT2D eigenvalue weighted by Crippen LogP contribution is 2.37. The minimum atomic E-state index is -0.447. The van der Waals surface area contributed by atoms with Gasteiger partial charge >= 0.3 is 0 Å². The maximum atomic E-state index is 13.5. The zero-order valence-electron chi connectivity index (χ0n) is 21.1. The topological polar surface area (TPSA) is 80.7 Å². The molecule has 9 heteroatoms. The fourth-order valence-electron chi connectivity index (χ4n) is 4.18. The second-order valence-electron chi connectivity index (χ2n) is 8.52. The van der Waals surface area contributed by atoms with Crippen LogP contribution in [0.15, 0.2) is 71.8 Å². The molecule has 0 spiro atoms. The number of likely N-dealkylation sites (N-methyl/N-ethyl adjacent to an activating group) is 1. The molecule has 0 N–H and O–H groups in total. The molecule has 1 atom stereocenters. The van der Waals surface area contributed by atoms with Crippen molar-refractivity contribution >= 4 is 17.5 Å². The third kappa shape index (κ3) is 5.55. The lowest BCUT2D eigenvalue weighted by Gasteiger charge is -2.25. The molecule has 0 saturated carbocycles. The molecule has 37 heavy (non-hydrogen) atoms. The molecule has 3 aromatic carbocycles. The van der Waals surface area contributed by atoms with Gasteiger partial charge < -0.3 is 19.1 Å². The quantitative estimate of drug-likeness (QED) is 0.456. The lowest BCUT2D eigenvalue weighted by molar-refractivity contribution is -0.133. The summed E-state index contributed by atoms with van der Waals surface area (Å²) in [4.78, 5) is 27.8. The van der Waals surface area contributed by atoms with Gasteiger partial charge in [0.15, 0.2) is 11.5 Å². The summed E-state index contributed by atoms with van der Waals surface area (Å²) >= 11 is 0. The molecule has 0 aliphatic carbocycles. The summed E-state index contributed by atoms with van der Waals surface area (Å²) in [7, 11) is 6.21. The van der Waals surface area contributed by atoms with E-state index in [0.29, 0.717) is 40.5 Å². The molecule has 1 aliphatic heterocycles. The second kappa shape index (κ2) is 11.1. The van der Waals surface area contributed by atoms with Crippen LogP contribution in [0.4, 0.5) is 4.39 Å². The highest BCUT2D eigenvalue weighted by Gasteiger charge is 2.34. The molecule has 1 aliphatic rings. The van der Waals surface area contributed by atoms with E-state index < -0.39 is 6.04 Å². The fourth-order valence-corrected chi connectivity index (χ4v) is 4.18. The fraction of sp³-hybridized carbons (Fsp3) is 0.250. The molecule has 0 fully saturated rings. The van der Waals surface area contributed by atoms with Gasteiger partial charge in [0, 0.05) is 19.0 Å². The first-order chi connectivity index (χ1) is 17.8. The maximum absolute atomic E-state index is 13.5. The maximum Gasteiger partial charge on any atom is 0.262 e. The average Bonchev–Trinajstić information content (AvgIpc) is 3.38. The third-order valence-electron chi connectivity index (χ3n) is 6.19. The van der Waals surface area contributed by atoms with Crippen molar-refractivity contribution < 1.29 is 28.2 Å². The van der Waals surface area contributed by atoms with Gasteiger partial charge in [0.05, 0.1) is 33.1 Å². The number of carbonyl (C=O) groups is 2. The first kappa shape index (κ1) is 25.7. The first-order valence-corrected chi connectivity index (χ1v) is 11.6. The van der Waals surface area contributed by atoms with Crippen molar-refractivity contribution in [2.45, 2.75) is 12.5 Å². The van der Waals surface area contributed by atoms with Crippen molar-refractivity contribution in [2.24, 2.45) is 5.10 Å². The van der Waals surface area contributed by atoms with Crippen LogP contribution in [-0.4, -0.2) is 62.4 Å². The van der Waals surface area contributed by atoms with E-state index in [9.17, 15) is 14.0 Å². The second-order valence-corrected chi connectivity index (χ2v) is 8.52. The number of halogens is 1. The lowest BCUT2D eigenvalue weighted by Crippen LogP contribution is -2.39. The summed E-state index contributed by atoms with van der Waals surface area (Å²) < 4.78 is 29.4. The Labute approximate surface area is 214 Å². The summed E-state index contributed by atoms with van der Waals surface area (Å²) in [5.74, 6) is 0.695. The van der Waals surface area contributed by atoms with Gasteiger partial charge in [0.1, 0.15) is 18.1 Å². The molecule has 8 nitrogen and oxygen atoms in total. The summed E-state index contributed by atoms with van der Waals surface area (Å²) in [5.41, 5.74) is 2.57. The van der Waals surface area contributed by atoms with Crippen molar-refractivity contribution in [1.29, 1.82) is 0 Å². The minimum absolute atomic E-state index is 0.186. The Morgan fingerprint density at radius 1 is 0.946 bits per heavy atom. The Morgan fingerprint density at radius 2 is 1.62 bits per heavy atom.